The molecule has 0 aliphatic heterocycles. The van der Waals surface area contributed by atoms with Crippen LogP contribution in [0.2, 0.25) is 5.02 Å². The summed E-state index contributed by atoms with van der Waals surface area (Å²) in [4.78, 5) is 17.3. The number of hydrogen-bond acceptors (Lipinski definition) is 5. The summed E-state index contributed by atoms with van der Waals surface area (Å²) in [5, 5.41) is 21.5. The van der Waals surface area contributed by atoms with Crippen LogP contribution >= 0.6 is 22.9 Å². The minimum atomic E-state index is -0.896. The van der Waals surface area contributed by atoms with Gasteiger partial charge in [-0.05, 0) is 41.5 Å². The fourth-order valence-corrected chi connectivity index (χ4v) is 4.28. The molecule has 0 spiro atoms. The number of hydrogen-bond donors (Lipinski definition) is 3. The highest BCUT2D eigenvalue weighted by Crippen LogP contribution is 2.28. The lowest BCUT2D eigenvalue weighted by atomic mass is 10.1. The highest BCUT2D eigenvalue weighted by molar-refractivity contribution is 7.14. The Labute approximate surface area is 189 Å². The summed E-state index contributed by atoms with van der Waals surface area (Å²) in [5.74, 6) is -0.308. The zero-order valence-electron chi connectivity index (χ0n) is 16.9. The number of benzene rings is 3. The van der Waals surface area contributed by atoms with Crippen molar-refractivity contribution in [1.29, 1.82) is 0 Å². The SMILES string of the molecule is C[C@@H](O)[C@H](Nc1nc(-c2ccc3ccccc3c2)cs1)C(=O)NCc1cccc(Cl)c1. The fourth-order valence-electron chi connectivity index (χ4n) is 3.31. The van der Waals surface area contributed by atoms with Crippen LogP contribution in [0.3, 0.4) is 0 Å². The van der Waals surface area contributed by atoms with E-state index in [2.05, 4.69) is 39.9 Å². The molecule has 1 aromatic heterocycles. The molecule has 4 aromatic rings. The lowest BCUT2D eigenvalue weighted by Crippen LogP contribution is -2.45. The molecule has 31 heavy (non-hydrogen) atoms. The van der Waals surface area contributed by atoms with Crippen LogP contribution in [0.5, 0.6) is 0 Å². The molecule has 4 rings (SSSR count). The smallest absolute Gasteiger partial charge is 0.245 e. The first-order valence-corrected chi connectivity index (χ1v) is 11.2. The number of nitrogens with one attached hydrogen (secondary N) is 2. The summed E-state index contributed by atoms with van der Waals surface area (Å²) in [6.07, 6.45) is -0.896. The van der Waals surface area contributed by atoms with Crippen molar-refractivity contribution in [3.05, 3.63) is 82.7 Å². The third kappa shape index (κ3) is 5.22. The number of amides is 1. The molecule has 1 heterocycles. The lowest BCUT2D eigenvalue weighted by Gasteiger charge is -2.20. The molecule has 0 fully saturated rings. The first-order valence-electron chi connectivity index (χ1n) is 9.91. The van der Waals surface area contributed by atoms with E-state index in [4.69, 9.17) is 11.6 Å². The van der Waals surface area contributed by atoms with E-state index >= 15 is 0 Å². The Morgan fingerprint density at radius 3 is 2.68 bits per heavy atom. The van der Waals surface area contributed by atoms with Gasteiger partial charge >= 0.3 is 0 Å². The number of halogens is 1. The second-order valence-corrected chi connectivity index (χ2v) is 8.60. The van der Waals surface area contributed by atoms with Gasteiger partial charge in [-0.15, -0.1) is 11.3 Å². The molecule has 0 saturated carbocycles. The first-order chi connectivity index (χ1) is 15.0. The number of carbonyl (C=O) groups excluding carboxylic acids is 1. The number of thiazole rings is 1. The molecule has 158 valence electrons. The maximum atomic E-state index is 12.7. The topological polar surface area (TPSA) is 74.2 Å². The Morgan fingerprint density at radius 1 is 1.10 bits per heavy atom. The molecule has 0 unspecified atom stereocenters. The van der Waals surface area contributed by atoms with Crippen LogP contribution in [0.25, 0.3) is 22.0 Å². The summed E-state index contributed by atoms with van der Waals surface area (Å²) >= 11 is 7.39. The van der Waals surface area contributed by atoms with Crippen molar-refractivity contribution in [1.82, 2.24) is 10.3 Å². The third-order valence-corrected chi connectivity index (χ3v) is 5.96. The van der Waals surface area contributed by atoms with Gasteiger partial charge in [-0.25, -0.2) is 4.98 Å². The molecule has 3 N–H and O–H groups in total. The summed E-state index contributed by atoms with van der Waals surface area (Å²) < 4.78 is 0. The molecule has 0 bridgehead atoms. The molecule has 1 amide bonds. The summed E-state index contributed by atoms with van der Waals surface area (Å²) in [6, 6.07) is 20.8. The van der Waals surface area contributed by atoms with Gasteiger partial charge in [-0.2, -0.15) is 0 Å². The van der Waals surface area contributed by atoms with E-state index in [0.717, 1.165) is 22.2 Å². The van der Waals surface area contributed by atoms with Gasteiger partial charge < -0.3 is 15.7 Å². The van der Waals surface area contributed by atoms with Crippen molar-refractivity contribution in [3.63, 3.8) is 0 Å². The van der Waals surface area contributed by atoms with Gasteiger partial charge in [0.1, 0.15) is 6.04 Å². The van der Waals surface area contributed by atoms with Crippen LogP contribution in [0.4, 0.5) is 5.13 Å². The number of rotatable bonds is 7. The van der Waals surface area contributed by atoms with E-state index < -0.39 is 12.1 Å². The molecular weight excluding hydrogens is 430 g/mol. The predicted octanol–water partition coefficient (Wildman–Crippen LogP) is 5.09. The van der Waals surface area contributed by atoms with E-state index in [-0.39, 0.29) is 5.91 Å². The number of carbonyl (C=O) groups is 1. The molecule has 0 radical (unpaired) electrons. The first kappa shape index (κ1) is 21.3. The van der Waals surface area contributed by atoms with Gasteiger partial charge in [-0.3, -0.25) is 4.79 Å². The Morgan fingerprint density at radius 2 is 1.90 bits per heavy atom. The normalized spacial score (nSPS) is 13.0. The van der Waals surface area contributed by atoms with Crippen LogP contribution in [0.1, 0.15) is 12.5 Å². The summed E-state index contributed by atoms with van der Waals surface area (Å²) in [7, 11) is 0. The van der Waals surface area contributed by atoms with Crippen LogP contribution in [-0.4, -0.2) is 28.1 Å². The minimum absolute atomic E-state index is 0.308. The van der Waals surface area contributed by atoms with Crippen molar-refractivity contribution in [2.45, 2.75) is 25.6 Å². The Kier molecular flexibility index (Phi) is 6.51. The molecule has 0 aliphatic carbocycles. The standard InChI is InChI=1S/C24H22ClN3O2S/c1-15(29)22(23(30)26-13-16-5-4-8-20(25)11-16)28-24-27-21(14-31-24)19-10-9-17-6-2-3-7-18(17)12-19/h2-12,14-15,22,29H,13H2,1H3,(H,26,30)(H,27,28)/t15-,22+/m1/s1. The zero-order valence-corrected chi connectivity index (χ0v) is 18.5. The van der Waals surface area contributed by atoms with E-state index in [9.17, 15) is 9.90 Å². The van der Waals surface area contributed by atoms with Crippen LogP contribution in [0.15, 0.2) is 72.1 Å². The monoisotopic (exact) mass is 451 g/mol. The third-order valence-electron chi connectivity index (χ3n) is 4.95. The number of fused-ring (bicyclic) bond motifs is 1. The molecule has 5 nitrogen and oxygen atoms in total. The number of aliphatic hydroxyl groups excluding tert-OH is 1. The number of aliphatic hydroxyl groups is 1. The van der Waals surface area contributed by atoms with E-state index in [1.54, 1.807) is 19.1 Å². The quantitative estimate of drug-likeness (QED) is 0.365. The number of anilines is 1. The van der Waals surface area contributed by atoms with Gasteiger partial charge in [0.05, 0.1) is 11.8 Å². The van der Waals surface area contributed by atoms with E-state index in [0.29, 0.717) is 16.7 Å². The fraction of sp³-hybridized carbons (Fsp3) is 0.167. The van der Waals surface area contributed by atoms with Crippen LogP contribution in [-0.2, 0) is 11.3 Å². The molecule has 0 aliphatic rings. The number of nitrogens with zero attached hydrogens (tertiary/aromatic N) is 1. The second kappa shape index (κ2) is 9.47. The summed E-state index contributed by atoms with van der Waals surface area (Å²) in [6.45, 7) is 1.90. The predicted molar refractivity (Wildman–Crippen MR) is 127 cm³/mol. The Balaban J connectivity index is 1.45. The molecule has 0 saturated heterocycles. The molecule has 7 heteroatoms. The average Bonchev–Trinajstić information content (AvgIpc) is 3.24. The van der Waals surface area contributed by atoms with Gasteiger partial charge in [0.15, 0.2) is 5.13 Å². The maximum absolute atomic E-state index is 12.7. The van der Waals surface area contributed by atoms with Crippen molar-refractivity contribution in [2.24, 2.45) is 0 Å². The van der Waals surface area contributed by atoms with Gasteiger partial charge in [0.2, 0.25) is 5.91 Å². The molecule has 2 atom stereocenters. The second-order valence-electron chi connectivity index (χ2n) is 7.31. The Bertz CT molecular complexity index is 1210. The van der Waals surface area contributed by atoms with Crippen LogP contribution in [0, 0.1) is 0 Å². The largest absolute Gasteiger partial charge is 0.391 e. The van der Waals surface area contributed by atoms with Crippen LogP contribution < -0.4 is 10.6 Å². The lowest BCUT2D eigenvalue weighted by molar-refractivity contribution is -0.123. The van der Waals surface area contributed by atoms with Gasteiger partial charge in [0, 0.05) is 22.5 Å². The molecular formula is C24H22ClN3O2S. The average molecular weight is 452 g/mol. The van der Waals surface area contributed by atoms with Gasteiger partial charge in [-0.1, -0.05) is 60.1 Å². The van der Waals surface area contributed by atoms with E-state index in [1.807, 2.05) is 35.7 Å². The number of aromatic nitrogens is 1. The highest BCUT2D eigenvalue weighted by Gasteiger charge is 2.24. The Hall–Kier alpha value is -2.93. The molecule has 3 aromatic carbocycles. The van der Waals surface area contributed by atoms with Crippen molar-refractivity contribution >= 4 is 44.7 Å². The minimum Gasteiger partial charge on any atom is -0.391 e. The van der Waals surface area contributed by atoms with Gasteiger partial charge in [0.25, 0.3) is 0 Å². The van der Waals surface area contributed by atoms with Crippen molar-refractivity contribution in [3.8, 4) is 11.3 Å². The van der Waals surface area contributed by atoms with E-state index in [1.165, 1.54) is 16.7 Å². The van der Waals surface area contributed by atoms with Crippen molar-refractivity contribution < 1.29 is 9.90 Å². The summed E-state index contributed by atoms with van der Waals surface area (Å²) in [5.41, 5.74) is 2.71. The van der Waals surface area contributed by atoms with Crippen molar-refractivity contribution in [2.75, 3.05) is 5.32 Å². The highest BCUT2D eigenvalue weighted by atomic mass is 35.5. The zero-order chi connectivity index (χ0) is 21.8. The maximum Gasteiger partial charge on any atom is 0.245 e.